The van der Waals surface area contributed by atoms with Gasteiger partial charge in [0, 0.05) is 42.4 Å². The Bertz CT molecular complexity index is 1030. The van der Waals surface area contributed by atoms with Gasteiger partial charge in [-0.25, -0.2) is 0 Å². The van der Waals surface area contributed by atoms with Crippen molar-refractivity contribution < 1.29 is 28.7 Å². The van der Waals surface area contributed by atoms with Gasteiger partial charge in [-0.1, -0.05) is 24.3 Å². The molecule has 2 aliphatic heterocycles. The van der Waals surface area contributed by atoms with Gasteiger partial charge in [0.1, 0.15) is 0 Å². The van der Waals surface area contributed by atoms with Gasteiger partial charge in [0.25, 0.3) is 17.7 Å². The third-order valence-corrected chi connectivity index (χ3v) is 5.35. The predicted octanol–water partition coefficient (Wildman–Crippen LogP) is 1.91. The summed E-state index contributed by atoms with van der Waals surface area (Å²) in [5.74, 6) is -2.18. The first-order valence-corrected chi connectivity index (χ1v) is 9.84. The summed E-state index contributed by atoms with van der Waals surface area (Å²) < 4.78 is 4.94. The molecule has 0 aromatic heterocycles. The van der Waals surface area contributed by atoms with E-state index in [1.807, 2.05) is 12.1 Å². The van der Waals surface area contributed by atoms with Crippen molar-refractivity contribution >= 4 is 40.4 Å². The number of esters is 1. The van der Waals surface area contributed by atoms with Crippen molar-refractivity contribution in [2.75, 3.05) is 19.7 Å². The van der Waals surface area contributed by atoms with Crippen LogP contribution >= 0.6 is 0 Å². The number of nitrogens with zero attached hydrogens (tertiary/aromatic N) is 2. The van der Waals surface area contributed by atoms with E-state index in [9.17, 15) is 24.0 Å². The van der Waals surface area contributed by atoms with Crippen LogP contribution in [0, 0.1) is 0 Å². The first kappa shape index (κ1) is 19.8. The number of ether oxygens (including phenoxy) is 1. The van der Waals surface area contributed by atoms with E-state index in [1.54, 1.807) is 24.3 Å². The minimum absolute atomic E-state index is 0.0515. The molecule has 2 aliphatic rings. The number of hydrogen-bond donors (Lipinski definition) is 0. The zero-order valence-electron chi connectivity index (χ0n) is 16.3. The third-order valence-electron chi connectivity index (χ3n) is 5.35. The standard InChI is InChI=1S/C22H20N2O6/c25-17-9-3-11-23(17)18(26)13-30-19(27)10-4-12-24-21(28)15-7-1-5-14-6-2-8-16(20(14)15)22(24)29/h1-2,5-8H,3-4,9-13H2. The van der Waals surface area contributed by atoms with Crippen molar-refractivity contribution in [1.29, 1.82) is 0 Å². The lowest BCUT2D eigenvalue weighted by Gasteiger charge is -2.27. The topological polar surface area (TPSA) is 101 Å². The van der Waals surface area contributed by atoms with E-state index in [1.165, 1.54) is 0 Å². The molecule has 2 aromatic rings. The van der Waals surface area contributed by atoms with Gasteiger partial charge >= 0.3 is 5.97 Å². The van der Waals surface area contributed by atoms with Gasteiger partial charge in [0.05, 0.1) is 0 Å². The second kappa shape index (κ2) is 8.06. The van der Waals surface area contributed by atoms with Gasteiger partial charge in [0.15, 0.2) is 6.61 Å². The van der Waals surface area contributed by atoms with Crippen LogP contribution < -0.4 is 0 Å². The van der Waals surface area contributed by atoms with Crippen molar-refractivity contribution in [3.05, 3.63) is 47.5 Å². The van der Waals surface area contributed by atoms with Crippen LogP contribution in [0.25, 0.3) is 10.8 Å². The second-order valence-corrected chi connectivity index (χ2v) is 7.28. The first-order valence-electron chi connectivity index (χ1n) is 9.84. The predicted molar refractivity (Wildman–Crippen MR) is 105 cm³/mol. The van der Waals surface area contributed by atoms with E-state index in [0.717, 1.165) is 15.2 Å². The Morgan fingerprint density at radius 3 is 2.23 bits per heavy atom. The quantitative estimate of drug-likeness (QED) is 0.535. The average molecular weight is 408 g/mol. The highest BCUT2D eigenvalue weighted by atomic mass is 16.5. The number of carbonyl (C=O) groups is 5. The molecule has 1 fully saturated rings. The van der Waals surface area contributed by atoms with Gasteiger partial charge in [-0.2, -0.15) is 0 Å². The number of amides is 4. The summed E-state index contributed by atoms with van der Waals surface area (Å²) in [6, 6.07) is 10.6. The van der Waals surface area contributed by atoms with Crippen LogP contribution in [0.1, 0.15) is 46.4 Å². The molecule has 0 N–H and O–H groups in total. The molecule has 0 unspecified atom stereocenters. The van der Waals surface area contributed by atoms with E-state index in [4.69, 9.17) is 4.74 Å². The maximum Gasteiger partial charge on any atom is 0.306 e. The molecule has 0 atom stereocenters. The monoisotopic (exact) mass is 408 g/mol. The van der Waals surface area contributed by atoms with Crippen LogP contribution in [0.15, 0.2) is 36.4 Å². The van der Waals surface area contributed by atoms with Crippen molar-refractivity contribution in [3.8, 4) is 0 Å². The lowest BCUT2D eigenvalue weighted by atomic mass is 9.94. The van der Waals surface area contributed by atoms with E-state index >= 15 is 0 Å². The van der Waals surface area contributed by atoms with Crippen LogP contribution in [0.5, 0.6) is 0 Å². The number of hydrogen-bond acceptors (Lipinski definition) is 6. The molecule has 8 nitrogen and oxygen atoms in total. The van der Waals surface area contributed by atoms with Crippen LogP contribution in [0.4, 0.5) is 0 Å². The highest BCUT2D eigenvalue weighted by Gasteiger charge is 2.32. The summed E-state index contributed by atoms with van der Waals surface area (Å²) in [7, 11) is 0. The van der Waals surface area contributed by atoms with Gasteiger partial charge in [-0.15, -0.1) is 0 Å². The Kier molecular flexibility index (Phi) is 5.31. The third kappa shape index (κ3) is 3.56. The maximum atomic E-state index is 12.8. The maximum absolute atomic E-state index is 12.8. The zero-order valence-corrected chi connectivity index (χ0v) is 16.3. The molecule has 0 saturated carbocycles. The molecule has 30 heavy (non-hydrogen) atoms. The summed E-state index contributed by atoms with van der Waals surface area (Å²) in [6.07, 6.45) is 1.11. The summed E-state index contributed by atoms with van der Waals surface area (Å²) >= 11 is 0. The Morgan fingerprint density at radius 2 is 1.63 bits per heavy atom. The van der Waals surface area contributed by atoms with Crippen molar-refractivity contribution in [3.63, 3.8) is 0 Å². The average Bonchev–Trinajstić information content (AvgIpc) is 3.18. The smallest absolute Gasteiger partial charge is 0.306 e. The first-order chi connectivity index (χ1) is 14.5. The molecular weight excluding hydrogens is 388 g/mol. The molecule has 8 heteroatoms. The Labute approximate surface area is 172 Å². The SMILES string of the molecule is O=C(CCCN1C(=O)c2cccc3cccc(c23)C1=O)OCC(=O)N1CCCC1=O. The fourth-order valence-electron chi connectivity index (χ4n) is 3.87. The summed E-state index contributed by atoms with van der Waals surface area (Å²) in [6.45, 7) is -0.0693. The number of rotatable bonds is 6. The molecular formula is C22H20N2O6. The fourth-order valence-corrected chi connectivity index (χ4v) is 3.87. The van der Waals surface area contributed by atoms with Crippen LogP contribution in [-0.2, 0) is 19.1 Å². The molecule has 0 spiro atoms. The molecule has 2 heterocycles. The van der Waals surface area contributed by atoms with Crippen LogP contribution in [0.3, 0.4) is 0 Å². The number of benzene rings is 2. The zero-order chi connectivity index (χ0) is 21.3. The van der Waals surface area contributed by atoms with Gasteiger partial charge in [-0.3, -0.25) is 33.8 Å². The minimum atomic E-state index is -0.616. The summed E-state index contributed by atoms with van der Waals surface area (Å²) in [4.78, 5) is 63.2. The van der Waals surface area contributed by atoms with E-state index in [0.29, 0.717) is 35.9 Å². The van der Waals surface area contributed by atoms with Gasteiger partial charge in [-0.05, 0) is 30.4 Å². The lowest BCUT2D eigenvalue weighted by Crippen LogP contribution is -2.41. The molecule has 1 saturated heterocycles. The Hall–Kier alpha value is -3.55. The number of carbonyl (C=O) groups excluding carboxylic acids is 5. The number of imide groups is 2. The molecule has 0 aliphatic carbocycles. The van der Waals surface area contributed by atoms with Crippen molar-refractivity contribution in [2.24, 2.45) is 0 Å². The lowest BCUT2D eigenvalue weighted by molar-refractivity contribution is -0.154. The largest absolute Gasteiger partial charge is 0.456 e. The highest BCUT2D eigenvalue weighted by molar-refractivity contribution is 6.25. The Balaban J connectivity index is 1.33. The number of likely N-dealkylation sites (tertiary alicyclic amines) is 1. The highest BCUT2D eigenvalue weighted by Crippen LogP contribution is 2.30. The molecule has 154 valence electrons. The normalized spacial score (nSPS) is 15.8. The van der Waals surface area contributed by atoms with Gasteiger partial charge < -0.3 is 4.74 Å². The summed E-state index contributed by atoms with van der Waals surface area (Å²) in [5.41, 5.74) is 0.928. The minimum Gasteiger partial charge on any atom is -0.456 e. The van der Waals surface area contributed by atoms with Crippen LogP contribution in [-0.4, -0.2) is 59.1 Å². The fraction of sp³-hybridized carbons (Fsp3) is 0.318. The van der Waals surface area contributed by atoms with E-state index in [-0.39, 0.29) is 37.1 Å². The summed E-state index contributed by atoms with van der Waals surface area (Å²) in [5, 5.41) is 1.48. The molecule has 4 rings (SSSR count). The second-order valence-electron chi connectivity index (χ2n) is 7.28. The molecule has 0 radical (unpaired) electrons. The van der Waals surface area contributed by atoms with E-state index in [2.05, 4.69) is 0 Å². The van der Waals surface area contributed by atoms with Crippen LogP contribution in [0.2, 0.25) is 0 Å². The van der Waals surface area contributed by atoms with Crippen molar-refractivity contribution in [2.45, 2.75) is 25.7 Å². The Morgan fingerprint density at radius 1 is 0.967 bits per heavy atom. The molecule has 0 bridgehead atoms. The molecule has 4 amide bonds. The van der Waals surface area contributed by atoms with Crippen molar-refractivity contribution in [1.82, 2.24) is 9.80 Å². The molecule has 2 aromatic carbocycles. The van der Waals surface area contributed by atoms with E-state index < -0.39 is 18.5 Å². The van der Waals surface area contributed by atoms with Gasteiger partial charge in [0.2, 0.25) is 5.91 Å².